The first-order valence-corrected chi connectivity index (χ1v) is 47.6. The summed E-state index contributed by atoms with van der Waals surface area (Å²) in [6, 6.07) is -7.97. The molecule has 41 nitrogen and oxygen atoms in total. The van der Waals surface area contributed by atoms with E-state index in [-0.39, 0.29) is 80.2 Å². The summed E-state index contributed by atoms with van der Waals surface area (Å²) >= 11 is 6.38. The Morgan fingerprint density at radius 2 is 1.12 bits per heavy atom. The molecule has 0 fully saturated rings. The van der Waals surface area contributed by atoms with Crippen LogP contribution < -0.4 is 91.2 Å². The molecule has 0 saturated carbocycles. The number of hydrogen-bond acceptors (Lipinski definition) is 24. The molecule has 18 atom stereocenters. The van der Waals surface area contributed by atoms with Crippen molar-refractivity contribution in [1.82, 2.24) is 84.7 Å². The highest BCUT2D eigenvalue weighted by Crippen LogP contribution is 2.27. The maximum atomic E-state index is 15.6. The van der Waals surface area contributed by atoms with Gasteiger partial charge in [-0.15, -0.1) is 0 Å². The molecular weight excluding hydrogens is 1860 g/mol. The molecule has 5 rings (SSSR count). The van der Waals surface area contributed by atoms with Crippen LogP contribution in [0, 0.1) is 35.3 Å². The molecule has 23 N–H and O–H groups in total. The maximum absolute atomic E-state index is 15.6. The zero-order valence-electron chi connectivity index (χ0n) is 82.3. The fourth-order valence-electron chi connectivity index (χ4n) is 15.4. The molecule has 776 valence electrons. The predicted molar refractivity (Wildman–Crippen MR) is 515 cm³/mol. The van der Waals surface area contributed by atoms with Gasteiger partial charge in [0.1, 0.15) is 71.2 Å². The highest BCUT2D eigenvalue weighted by atomic mass is 35.5. The monoisotopic (exact) mass is 2000 g/mol. The van der Waals surface area contributed by atoms with Gasteiger partial charge in [-0.25, -0.2) is 8.78 Å². The van der Waals surface area contributed by atoms with E-state index >= 15 is 33.2 Å². The van der Waals surface area contributed by atoms with Crippen molar-refractivity contribution >= 4 is 140 Å². The molecule has 0 aliphatic carbocycles. The van der Waals surface area contributed by atoms with Crippen molar-refractivity contribution in [2.45, 2.75) is 315 Å². The molecule has 4 aromatic rings. The number of carboxylic acids is 1. The van der Waals surface area contributed by atoms with E-state index in [4.69, 9.17) is 23.1 Å². The van der Waals surface area contributed by atoms with Gasteiger partial charge in [-0.3, -0.25) is 95.9 Å². The summed E-state index contributed by atoms with van der Waals surface area (Å²) < 4.78 is 29.7. The molecular formula is C97H139ClF2N18O23. The van der Waals surface area contributed by atoms with Crippen molar-refractivity contribution in [3.63, 3.8) is 0 Å². The van der Waals surface area contributed by atoms with Crippen molar-refractivity contribution in [3.05, 3.63) is 112 Å². The number of nitrogens with one attached hydrogen (secondary N) is 16. The first-order valence-electron chi connectivity index (χ1n) is 47.2. The van der Waals surface area contributed by atoms with E-state index in [2.05, 4.69) is 84.7 Å². The first-order chi connectivity index (χ1) is 66.0. The number of carbonyl (C=O) groups is 20. The number of ketones is 4. The number of halogens is 3. The smallest absolute Gasteiger partial charge is 0.303 e. The average Bonchev–Trinajstić information content (AvgIpc) is 1.80. The second-order valence-corrected chi connectivity index (χ2v) is 38.0. The van der Waals surface area contributed by atoms with Gasteiger partial charge in [-0.1, -0.05) is 102 Å². The number of aromatic nitrogens is 1. The summed E-state index contributed by atoms with van der Waals surface area (Å²) in [6.45, 7) is 20.7. The number of rotatable bonds is 39. The van der Waals surface area contributed by atoms with Crippen molar-refractivity contribution in [1.29, 1.82) is 0 Å². The minimum Gasteiger partial charge on any atom is -0.508 e. The van der Waals surface area contributed by atoms with E-state index in [1.165, 1.54) is 91.9 Å². The number of hydrogen-bond donors (Lipinski definition) is 21. The predicted octanol–water partition coefficient (Wildman–Crippen LogP) is 1.67. The van der Waals surface area contributed by atoms with Crippen LogP contribution in [-0.2, 0) is 115 Å². The Balaban J connectivity index is 1.61. The van der Waals surface area contributed by atoms with Crippen LogP contribution in [-0.4, -0.2) is 247 Å². The quantitative estimate of drug-likeness (QED) is 0.0223. The number of Topliss-reactive ketones (excluding diaryl/α,β-unsaturated/α-hetero) is 4. The number of phenolic OH excluding ortho intramolecular Hbond substituents is 1. The van der Waals surface area contributed by atoms with E-state index in [0.29, 0.717) is 47.2 Å². The minimum absolute atomic E-state index is 0.0142. The van der Waals surface area contributed by atoms with Crippen LogP contribution in [0.15, 0.2) is 79.0 Å². The number of H-pyrrole nitrogens is 1. The van der Waals surface area contributed by atoms with Gasteiger partial charge in [-0.2, -0.15) is 0 Å². The number of primary amides is 2. The molecule has 141 heavy (non-hydrogen) atoms. The van der Waals surface area contributed by atoms with Crippen molar-refractivity contribution in [3.8, 4) is 5.75 Å². The van der Waals surface area contributed by atoms with Gasteiger partial charge < -0.3 is 112 Å². The number of benzene rings is 3. The van der Waals surface area contributed by atoms with Gasteiger partial charge in [-0.05, 0) is 191 Å². The number of aromatic hydroxyl groups is 1. The molecule has 1 aliphatic rings. The number of aliphatic carboxylic acids is 1. The zero-order valence-corrected chi connectivity index (χ0v) is 83.1. The van der Waals surface area contributed by atoms with Gasteiger partial charge in [0.2, 0.25) is 112 Å². The third-order valence-corrected chi connectivity index (χ3v) is 24.2. The van der Waals surface area contributed by atoms with Crippen LogP contribution in [0.4, 0.5) is 8.78 Å². The lowest BCUT2D eigenvalue weighted by Gasteiger charge is -2.34. The van der Waals surface area contributed by atoms with Crippen molar-refractivity contribution in [2.24, 2.45) is 35.1 Å². The molecule has 0 spiro atoms. The number of allylic oxidation sites excluding steroid dienone is 2. The molecule has 0 saturated heterocycles. The summed E-state index contributed by atoms with van der Waals surface area (Å²) in [4.78, 5) is 284. The fraction of sp³-hybridized carbons (Fsp3) is 0.567. The standard InChI is InChI=1S/C97H139ClF2N18O23/c1-49(2)39-63-48-104-69(33-35-76(101)122)82(128)81(127)54(8)107-89(135)75(44-62-47-105-71-45-64(98)28-31-66(62)71)113-90(136)73(42-60-25-29-65(121)30-26-60)112-88(134)70(34-36-77(123)124)115-95(141)97(15,118-92(138)74(43-61-27-32-67(99)68(100)41-61)114-93(139)78(58(12)119)116-91(137)72(40-50(3)4)111-59(13)120)38-24-22-20-18-16-17-19-21-23-37-96(14,117-87(63)133)94(140)110-57(11)86(132)109-56(10)85(131)108-55(9)84(130)106-53(7)80(126)79(125)52(6)103-46-51(5)83(102)129/h17,19,25-32,41,45,47,49-58,63,69-70,72-75,78,103-105,119,121H,16,18,20-24,33-40,42-44,46,48H2,1-15H3,(H2,101,122)(H2,102,129)(H,106,130)(H,107,135)(H,108,131)(H,109,132)(H,110,140)(H,111,120)(H,112,134)(H,113,136)(H,114,139)(H,115,141)(H,116,137)(H,117,133)(H,118,138)(H,123,124)/b19-17+/t51-,52-,53-,54-,55?,56-,57?,58+,63+,69-,70-,72-,73?,74-,75-,78-,96-,97+/m0/s1. The van der Waals surface area contributed by atoms with Crippen molar-refractivity contribution in [2.75, 3.05) is 13.1 Å². The Morgan fingerprint density at radius 1 is 0.553 bits per heavy atom. The Bertz CT molecular complexity index is 5170. The second-order valence-electron chi connectivity index (χ2n) is 37.5. The fourth-order valence-corrected chi connectivity index (χ4v) is 15.6. The molecule has 1 aliphatic heterocycles. The number of nitrogens with two attached hydrogens (primary N) is 2. The number of carboxylic acid groups (broad SMARTS) is 1. The highest BCUT2D eigenvalue weighted by Gasteiger charge is 2.44. The van der Waals surface area contributed by atoms with E-state index in [1.807, 2.05) is 6.08 Å². The molecule has 44 heteroatoms. The number of aliphatic hydroxyl groups excluding tert-OH is 1. The SMILES string of the molecule is CC(=O)N[C@@H](CC(C)C)C(=O)N[C@H](C(=O)N[C@@H](Cc1ccc(F)c(F)c1)C(=O)N[C@]1(C)CCCCCC/C=C/CCC[C@@](C)(C(=O)NC(C)C(=O)N[C@@H](C)C(=O)NC(C)C(=O)N[C@@H](C)C(=O)C(=O)[C@H](C)NC[C@H](C)C(N)=O)NC(=O)[C@H](CC(C)C)CN[C@@H](CCC(N)=O)C(=O)C(=O)[C@H](C)NC(=O)[C@H](Cc2c[nH]c3cc(Cl)ccc23)NC(=O)C(Cc2ccc(O)cc2)NC(=O)[C@H](CCC(=O)O)NC1=O)[C@@H](C)O. The second kappa shape index (κ2) is 56.4. The molecule has 3 aromatic carbocycles. The van der Waals surface area contributed by atoms with Crippen LogP contribution in [0.3, 0.4) is 0 Å². The molecule has 1 aromatic heterocycles. The van der Waals surface area contributed by atoms with Gasteiger partial charge >= 0.3 is 5.97 Å². The summed E-state index contributed by atoms with van der Waals surface area (Å²) in [7, 11) is 0. The third-order valence-electron chi connectivity index (χ3n) is 24.0. The number of amides is 15. The number of phenols is 1. The van der Waals surface area contributed by atoms with Gasteiger partial charge in [0.25, 0.3) is 0 Å². The summed E-state index contributed by atoms with van der Waals surface area (Å²) in [5, 5.41) is 71.3. The van der Waals surface area contributed by atoms with Crippen LogP contribution in [0.2, 0.25) is 5.02 Å². The van der Waals surface area contributed by atoms with Crippen LogP contribution >= 0.6 is 11.6 Å². The zero-order chi connectivity index (χ0) is 106. The van der Waals surface area contributed by atoms with Crippen LogP contribution in [0.25, 0.3) is 10.9 Å². The molecule has 15 amide bonds. The van der Waals surface area contributed by atoms with E-state index < -0.39 is 288 Å². The lowest BCUT2D eigenvalue weighted by molar-refractivity contribution is -0.140. The molecule has 3 unspecified atom stereocenters. The lowest BCUT2D eigenvalue weighted by atomic mass is 9.89. The molecule has 2 heterocycles. The molecule has 0 bridgehead atoms. The van der Waals surface area contributed by atoms with Crippen LogP contribution in [0.5, 0.6) is 5.75 Å². The minimum atomic E-state index is -2.23. The highest BCUT2D eigenvalue weighted by molar-refractivity contribution is 6.41. The number of carbonyl (C=O) groups excluding carboxylic acids is 19. The average molecular weight is 2000 g/mol. The summed E-state index contributed by atoms with van der Waals surface area (Å²) in [6.07, 6.45) is 1.16. The Kier molecular flexibility index (Phi) is 47.4. The largest absolute Gasteiger partial charge is 0.508 e. The molecule has 0 radical (unpaired) electrons. The Labute approximate surface area is 822 Å². The topological polar surface area (TPSA) is 650 Å². The number of aromatic amines is 1. The van der Waals surface area contributed by atoms with Gasteiger partial charge in [0, 0.05) is 80.2 Å². The Hall–Kier alpha value is -13.0. The maximum Gasteiger partial charge on any atom is 0.303 e. The normalized spacial score (nSPS) is 21.8. The van der Waals surface area contributed by atoms with Gasteiger partial charge in [0.15, 0.2) is 11.6 Å². The van der Waals surface area contributed by atoms with Crippen LogP contribution in [0.1, 0.15) is 217 Å². The number of fused-ring (bicyclic) bond motifs is 1. The Morgan fingerprint density at radius 3 is 1.70 bits per heavy atom. The third kappa shape index (κ3) is 38.8. The lowest BCUT2D eigenvalue weighted by Crippen LogP contribution is -2.65. The summed E-state index contributed by atoms with van der Waals surface area (Å²) in [5.41, 5.74) is 7.77. The van der Waals surface area contributed by atoms with E-state index in [1.54, 1.807) is 45.9 Å². The summed E-state index contributed by atoms with van der Waals surface area (Å²) in [5.74, 6) is -25.6. The van der Waals surface area contributed by atoms with Gasteiger partial charge in [0.05, 0.1) is 36.2 Å². The van der Waals surface area contributed by atoms with Crippen molar-refractivity contribution < 1.29 is 120 Å². The number of aliphatic hydroxyl groups is 1. The van der Waals surface area contributed by atoms with E-state index in [9.17, 15) is 86.8 Å². The van der Waals surface area contributed by atoms with E-state index in [0.717, 1.165) is 39.0 Å². The first kappa shape index (κ1) is 118.